The highest BCUT2D eigenvalue weighted by atomic mass is 16.3. The Morgan fingerprint density at radius 2 is 1.00 bits per heavy atom. The van der Waals surface area contributed by atoms with Crippen LogP contribution in [0.2, 0.25) is 0 Å². The lowest BCUT2D eigenvalue weighted by molar-refractivity contribution is -0.910. The van der Waals surface area contributed by atoms with Gasteiger partial charge in [0.2, 0.25) is 0 Å². The maximum absolute atomic E-state index is 12.5. The van der Waals surface area contributed by atoms with E-state index in [2.05, 4.69) is 33.9 Å². The zero-order valence-electron chi connectivity index (χ0n) is 38.9. The molecule has 3 aliphatic carbocycles. The predicted octanol–water partition coefficient (Wildman–Crippen LogP) is 16.2. The molecule has 4 rings (SSSR count). The molecule has 3 unspecified atom stereocenters. The highest BCUT2D eigenvalue weighted by Crippen LogP contribution is 2.65. The van der Waals surface area contributed by atoms with Crippen molar-refractivity contribution in [1.82, 2.24) is 0 Å². The van der Waals surface area contributed by atoms with Gasteiger partial charge in [-0.05, 0) is 123 Å². The molecule has 0 saturated heterocycles. The molecule has 2 saturated carbocycles. The maximum atomic E-state index is 12.5. The molecule has 0 bridgehead atoms. The minimum absolute atomic E-state index is 0.0509. The molecular formula is C54H98NO2+. The Morgan fingerprint density at radius 1 is 0.561 bits per heavy atom. The van der Waals surface area contributed by atoms with Crippen LogP contribution in [-0.4, -0.2) is 47.0 Å². The fraction of sp³-hybridized carbons (Fsp3) is 0.889. The van der Waals surface area contributed by atoms with Gasteiger partial charge >= 0.3 is 0 Å². The van der Waals surface area contributed by atoms with E-state index in [0.29, 0.717) is 23.5 Å². The molecule has 0 aromatic heterocycles. The molecule has 0 amide bonds. The van der Waals surface area contributed by atoms with Gasteiger partial charge in [-0.25, -0.2) is 0 Å². The molecule has 1 aromatic rings. The molecule has 57 heavy (non-hydrogen) atoms. The Kier molecular flexibility index (Phi) is 23.0. The van der Waals surface area contributed by atoms with Crippen molar-refractivity contribution in [2.45, 2.75) is 263 Å². The number of aromatic hydroxyl groups is 1. The van der Waals surface area contributed by atoms with Crippen molar-refractivity contribution in [3.63, 3.8) is 0 Å². The third-order valence-electron chi connectivity index (χ3n) is 16.4. The third kappa shape index (κ3) is 16.1. The number of hydrogen-bond donors (Lipinski definition) is 2. The average Bonchev–Trinajstić information content (AvgIpc) is 3.47. The van der Waals surface area contributed by atoms with Gasteiger partial charge in [-0.2, -0.15) is 0 Å². The summed E-state index contributed by atoms with van der Waals surface area (Å²) in [6, 6.07) is 6.16. The molecular weight excluding hydrogens is 695 g/mol. The Bertz CT molecular complexity index is 1150. The van der Waals surface area contributed by atoms with Crippen molar-refractivity contribution in [3.8, 4) is 5.75 Å². The highest BCUT2D eigenvalue weighted by molar-refractivity contribution is 5.40. The summed E-state index contributed by atoms with van der Waals surface area (Å²) < 4.78 is 1.22. The standard InChI is InChI=1S/C54H97NO2/c1-5-7-9-11-13-15-17-19-21-23-25-27-29-31-43-55(4,44-32-30-28-26-24-22-20-18-16-14-12-10-8-6-2)45-33-40-54(57)42-39-52-51-36-34-47-46-48(56)35-37-49(47)50(51)38-41-53(52,54)3/h35,37,46,50-52,57H,5-34,36,38-45H2,1-4H3/p+1/t50?,51?,52?,53-,54-/m0/s1. The number of unbranched alkanes of at least 4 members (excludes halogenated alkanes) is 26. The molecule has 3 nitrogen and oxygen atoms in total. The van der Waals surface area contributed by atoms with E-state index in [1.165, 1.54) is 241 Å². The van der Waals surface area contributed by atoms with Crippen LogP contribution in [0.4, 0.5) is 0 Å². The summed E-state index contributed by atoms with van der Waals surface area (Å²) in [6.45, 7) is 11.0. The SMILES string of the molecule is CCCCCCCCCCCCCCCC[N+](C)(CCCCCCCCCCCCCCCC)CCC[C@]1(O)CCC2C3CCc4cc(O)ccc4C3CC[C@@]21C. The van der Waals surface area contributed by atoms with Crippen LogP contribution < -0.4 is 0 Å². The molecule has 0 heterocycles. The van der Waals surface area contributed by atoms with Gasteiger partial charge < -0.3 is 14.7 Å². The number of nitrogens with zero attached hydrogens (tertiary/aromatic N) is 1. The molecule has 0 spiro atoms. The number of fused-ring (bicyclic) bond motifs is 5. The van der Waals surface area contributed by atoms with Gasteiger partial charge in [-0.15, -0.1) is 0 Å². The first-order valence-corrected chi connectivity index (χ1v) is 26.1. The number of benzene rings is 1. The summed E-state index contributed by atoms with van der Waals surface area (Å²) >= 11 is 0. The molecule has 0 aliphatic heterocycles. The van der Waals surface area contributed by atoms with Crippen LogP contribution >= 0.6 is 0 Å². The van der Waals surface area contributed by atoms with E-state index in [4.69, 9.17) is 0 Å². The predicted molar refractivity (Wildman–Crippen MR) is 248 cm³/mol. The van der Waals surface area contributed by atoms with E-state index < -0.39 is 5.60 Å². The van der Waals surface area contributed by atoms with Gasteiger partial charge in [-0.1, -0.05) is 181 Å². The van der Waals surface area contributed by atoms with Crippen molar-refractivity contribution < 1.29 is 14.7 Å². The van der Waals surface area contributed by atoms with E-state index >= 15 is 0 Å². The van der Waals surface area contributed by atoms with Gasteiger partial charge in [0.15, 0.2) is 0 Å². The molecule has 3 aliphatic rings. The van der Waals surface area contributed by atoms with Crippen molar-refractivity contribution in [1.29, 1.82) is 0 Å². The van der Waals surface area contributed by atoms with Crippen molar-refractivity contribution >= 4 is 0 Å². The minimum Gasteiger partial charge on any atom is -0.508 e. The molecule has 2 fully saturated rings. The lowest BCUT2D eigenvalue weighted by Gasteiger charge is -2.53. The van der Waals surface area contributed by atoms with Gasteiger partial charge in [0.1, 0.15) is 5.75 Å². The first kappa shape index (κ1) is 48.6. The molecule has 3 heteroatoms. The van der Waals surface area contributed by atoms with E-state index in [1.807, 2.05) is 12.1 Å². The lowest BCUT2D eigenvalue weighted by atomic mass is 9.53. The maximum Gasteiger partial charge on any atom is 0.115 e. The topological polar surface area (TPSA) is 40.5 Å². The first-order chi connectivity index (χ1) is 27.8. The fourth-order valence-corrected chi connectivity index (χ4v) is 12.6. The Labute approximate surface area is 355 Å². The van der Waals surface area contributed by atoms with Crippen LogP contribution in [0.3, 0.4) is 0 Å². The lowest BCUT2D eigenvalue weighted by Crippen LogP contribution is -2.52. The third-order valence-corrected chi connectivity index (χ3v) is 16.4. The van der Waals surface area contributed by atoms with Crippen molar-refractivity contribution in [2.24, 2.45) is 17.3 Å². The number of aryl methyl sites for hydroxylation is 1. The number of quaternary nitrogens is 1. The van der Waals surface area contributed by atoms with Gasteiger partial charge in [-0.3, -0.25) is 0 Å². The van der Waals surface area contributed by atoms with Crippen molar-refractivity contribution in [3.05, 3.63) is 29.3 Å². The second kappa shape index (κ2) is 27.0. The van der Waals surface area contributed by atoms with Crippen LogP contribution in [0.1, 0.15) is 263 Å². The summed E-state index contributed by atoms with van der Waals surface area (Å²) in [5, 5.41) is 22.7. The number of aliphatic hydroxyl groups is 1. The monoisotopic (exact) mass is 793 g/mol. The van der Waals surface area contributed by atoms with Crippen LogP contribution in [0.5, 0.6) is 5.75 Å². The average molecular weight is 793 g/mol. The smallest absolute Gasteiger partial charge is 0.115 e. The van der Waals surface area contributed by atoms with E-state index in [9.17, 15) is 10.2 Å². The van der Waals surface area contributed by atoms with E-state index in [0.717, 1.165) is 25.7 Å². The molecule has 0 radical (unpaired) electrons. The van der Waals surface area contributed by atoms with E-state index in [1.54, 1.807) is 0 Å². The number of rotatable bonds is 34. The Balaban J connectivity index is 1.17. The van der Waals surface area contributed by atoms with Crippen LogP contribution in [-0.2, 0) is 6.42 Å². The second-order valence-electron chi connectivity index (χ2n) is 20.9. The van der Waals surface area contributed by atoms with Gasteiger partial charge in [0.05, 0.1) is 32.3 Å². The van der Waals surface area contributed by atoms with E-state index in [-0.39, 0.29) is 5.41 Å². The van der Waals surface area contributed by atoms with Crippen LogP contribution in [0, 0.1) is 17.3 Å². The number of phenols is 1. The molecule has 330 valence electrons. The van der Waals surface area contributed by atoms with Gasteiger partial charge in [0, 0.05) is 0 Å². The molecule has 2 N–H and O–H groups in total. The summed E-state index contributed by atoms with van der Waals surface area (Å²) in [5.74, 6) is 2.36. The molecule has 1 aromatic carbocycles. The number of phenolic OH excluding ortho intramolecular Hbond substituents is 1. The highest BCUT2D eigenvalue weighted by Gasteiger charge is 2.61. The van der Waals surface area contributed by atoms with Crippen molar-refractivity contribution in [2.75, 3.05) is 26.7 Å². The Morgan fingerprint density at radius 3 is 1.47 bits per heavy atom. The Hall–Kier alpha value is -1.06. The first-order valence-electron chi connectivity index (χ1n) is 26.1. The summed E-state index contributed by atoms with van der Waals surface area (Å²) in [4.78, 5) is 0. The summed E-state index contributed by atoms with van der Waals surface area (Å²) in [6.07, 6.45) is 49.1. The minimum atomic E-state index is -0.507. The molecule has 5 atom stereocenters. The summed E-state index contributed by atoms with van der Waals surface area (Å²) in [5.41, 5.74) is 2.42. The summed E-state index contributed by atoms with van der Waals surface area (Å²) in [7, 11) is 2.58. The zero-order chi connectivity index (χ0) is 40.7. The van der Waals surface area contributed by atoms with Crippen LogP contribution in [0.15, 0.2) is 18.2 Å². The second-order valence-corrected chi connectivity index (χ2v) is 20.9. The normalized spacial score (nSPS) is 24.4. The zero-order valence-corrected chi connectivity index (χ0v) is 38.9. The number of hydrogen-bond acceptors (Lipinski definition) is 2. The van der Waals surface area contributed by atoms with Gasteiger partial charge in [0.25, 0.3) is 0 Å². The van der Waals surface area contributed by atoms with Crippen LogP contribution in [0.25, 0.3) is 0 Å². The fourth-order valence-electron chi connectivity index (χ4n) is 12.6. The quantitative estimate of drug-likeness (QED) is 0.0539. The largest absolute Gasteiger partial charge is 0.508 e.